The minimum Gasteiger partial charge on any atom is -0.339 e. The van der Waals surface area contributed by atoms with E-state index >= 15 is 0 Å². The van der Waals surface area contributed by atoms with Gasteiger partial charge in [0.2, 0.25) is 0 Å². The maximum absolute atomic E-state index is 4.96. The Kier molecular flexibility index (Phi) is 3.94. The maximum Gasteiger partial charge on any atom is 0.186 e. The minimum atomic E-state index is 0.691. The lowest BCUT2D eigenvalue weighted by molar-refractivity contribution is 0.681. The Bertz CT molecular complexity index is 1160. The minimum absolute atomic E-state index is 0.691. The summed E-state index contributed by atoms with van der Waals surface area (Å²) in [4.78, 5) is 8.88. The molecular formula is C22H20N6S. The third kappa shape index (κ3) is 2.93. The number of nitrogens with one attached hydrogen (secondary N) is 1. The fraction of sp³-hybridized carbons (Fsp3) is 0.273. The summed E-state index contributed by atoms with van der Waals surface area (Å²) in [6.07, 6.45) is 4.92. The van der Waals surface area contributed by atoms with E-state index in [1.165, 1.54) is 51.7 Å². The standard InChI is InChI=1S/C22H20N6S/c1-2-6-18(21-24-26-27-25-21)17(5-1)14-9-10-15-12-28(13-16(15)11-14)22-23-19-7-3-4-8-20(19)29-22/h1-2,5-6,9-11H,3-4,7-8,12-13H2,(H,24,25,26,27). The van der Waals surface area contributed by atoms with Crippen LogP contribution in [0.1, 0.15) is 34.5 Å². The van der Waals surface area contributed by atoms with E-state index in [4.69, 9.17) is 4.98 Å². The lowest BCUT2D eigenvalue weighted by Gasteiger charge is -2.12. The molecule has 2 aromatic carbocycles. The molecule has 0 amide bonds. The molecular weight excluding hydrogens is 380 g/mol. The van der Waals surface area contributed by atoms with Crippen molar-refractivity contribution in [1.82, 2.24) is 25.6 Å². The summed E-state index contributed by atoms with van der Waals surface area (Å²) >= 11 is 1.89. The summed E-state index contributed by atoms with van der Waals surface area (Å²) in [7, 11) is 0. The van der Waals surface area contributed by atoms with Gasteiger partial charge in [-0.25, -0.2) is 10.1 Å². The third-order valence-electron chi connectivity index (χ3n) is 5.87. The molecule has 0 fully saturated rings. The fourth-order valence-corrected chi connectivity index (χ4v) is 5.53. The van der Waals surface area contributed by atoms with Crippen LogP contribution >= 0.6 is 11.3 Å². The normalized spacial score (nSPS) is 15.4. The van der Waals surface area contributed by atoms with E-state index < -0.39 is 0 Å². The van der Waals surface area contributed by atoms with Gasteiger partial charge in [0.25, 0.3) is 0 Å². The number of H-pyrrole nitrogens is 1. The molecule has 2 aromatic heterocycles. The van der Waals surface area contributed by atoms with Gasteiger partial charge in [-0.3, -0.25) is 0 Å². The number of tetrazole rings is 1. The maximum atomic E-state index is 4.96. The Morgan fingerprint density at radius 2 is 1.79 bits per heavy atom. The van der Waals surface area contributed by atoms with E-state index in [9.17, 15) is 0 Å². The highest BCUT2D eigenvalue weighted by atomic mass is 32.1. The lowest BCUT2D eigenvalue weighted by Crippen LogP contribution is -2.14. The van der Waals surface area contributed by atoms with Gasteiger partial charge in [0.05, 0.1) is 5.69 Å². The van der Waals surface area contributed by atoms with Gasteiger partial charge in [-0.1, -0.05) is 36.4 Å². The lowest BCUT2D eigenvalue weighted by atomic mass is 9.96. The number of hydrogen-bond donors (Lipinski definition) is 1. The molecule has 6 nitrogen and oxygen atoms in total. The second-order valence-electron chi connectivity index (χ2n) is 7.71. The molecule has 1 aliphatic heterocycles. The third-order valence-corrected chi connectivity index (χ3v) is 7.09. The van der Waals surface area contributed by atoms with Gasteiger partial charge in [0.15, 0.2) is 11.0 Å². The van der Waals surface area contributed by atoms with Gasteiger partial charge in [0.1, 0.15) is 0 Å². The zero-order valence-electron chi connectivity index (χ0n) is 15.9. The van der Waals surface area contributed by atoms with Crippen molar-refractivity contribution in [2.24, 2.45) is 0 Å². The summed E-state index contributed by atoms with van der Waals surface area (Å²) in [5.74, 6) is 0.691. The van der Waals surface area contributed by atoms with Crippen molar-refractivity contribution >= 4 is 16.5 Å². The highest BCUT2D eigenvalue weighted by Crippen LogP contribution is 2.38. The number of fused-ring (bicyclic) bond motifs is 2. The number of hydrogen-bond acceptors (Lipinski definition) is 6. The van der Waals surface area contributed by atoms with Crippen LogP contribution in [0.2, 0.25) is 0 Å². The molecule has 2 aliphatic rings. The van der Waals surface area contributed by atoms with Crippen LogP contribution in [0.3, 0.4) is 0 Å². The molecule has 7 heteroatoms. The van der Waals surface area contributed by atoms with E-state index in [-0.39, 0.29) is 0 Å². The first kappa shape index (κ1) is 16.9. The SMILES string of the molecule is c1ccc(-c2nnn[nH]2)c(-c2ccc3c(c2)CN(c2nc4c(s2)CCCC4)C3)c1. The Labute approximate surface area is 172 Å². The summed E-state index contributed by atoms with van der Waals surface area (Å²) in [6, 6.07) is 15.0. The summed E-state index contributed by atoms with van der Waals surface area (Å²) < 4.78 is 0. The van der Waals surface area contributed by atoms with Crippen molar-refractivity contribution in [3.05, 3.63) is 64.2 Å². The predicted octanol–water partition coefficient (Wildman–Crippen LogP) is 4.39. The number of aryl methyl sites for hydroxylation is 2. The number of benzene rings is 2. The molecule has 0 atom stereocenters. The van der Waals surface area contributed by atoms with Crippen molar-refractivity contribution in [2.75, 3.05) is 4.90 Å². The van der Waals surface area contributed by atoms with Gasteiger partial charge in [-0.15, -0.1) is 16.4 Å². The average molecular weight is 401 g/mol. The predicted molar refractivity (Wildman–Crippen MR) is 114 cm³/mol. The van der Waals surface area contributed by atoms with Crippen molar-refractivity contribution in [2.45, 2.75) is 38.8 Å². The zero-order valence-corrected chi connectivity index (χ0v) is 16.7. The Balaban J connectivity index is 1.32. The summed E-state index contributed by atoms with van der Waals surface area (Å²) in [5, 5.41) is 15.6. The van der Waals surface area contributed by atoms with Gasteiger partial charge in [-0.2, -0.15) is 0 Å². The van der Waals surface area contributed by atoms with Crippen LogP contribution in [-0.4, -0.2) is 25.6 Å². The molecule has 29 heavy (non-hydrogen) atoms. The number of anilines is 1. The van der Waals surface area contributed by atoms with Gasteiger partial charge >= 0.3 is 0 Å². The second-order valence-corrected chi connectivity index (χ2v) is 8.77. The zero-order chi connectivity index (χ0) is 19.2. The Morgan fingerprint density at radius 3 is 2.66 bits per heavy atom. The average Bonchev–Trinajstić information content (AvgIpc) is 3.52. The van der Waals surface area contributed by atoms with Crippen LogP contribution in [0, 0.1) is 0 Å². The highest BCUT2D eigenvalue weighted by molar-refractivity contribution is 7.15. The van der Waals surface area contributed by atoms with E-state index in [2.05, 4.69) is 61.9 Å². The molecule has 0 unspecified atom stereocenters. The van der Waals surface area contributed by atoms with Crippen molar-refractivity contribution in [3.8, 4) is 22.5 Å². The van der Waals surface area contributed by atoms with Gasteiger partial charge < -0.3 is 4.90 Å². The molecule has 4 aromatic rings. The van der Waals surface area contributed by atoms with Crippen LogP contribution in [0.4, 0.5) is 5.13 Å². The first-order valence-corrected chi connectivity index (χ1v) is 10.9. The number of rotatable bonds is 3. The van der Waals surface area contributed by atoms with Crippen LogP contribution in [0.15, 0.2) is 42.5 Å². The van der Waals surface area contributed by atoms with E-state index in [0.29, 0.717) is 5.82 Å². The van der Waals surface area contributed by atoms with Crippen LogP contribution in [0.5, 0.6) is 0 Å². The highest BCUT2D eigenvalue weighted by Gasteiger charge is 2.25. The van der Waals surface area contributed by atoms with Crippen molar-refractivity contribution < 1.29 is 0 Å². The molecule has 1 aliphatic carbocycles. The monoisotopic (exact) mass is 400 g/mol. The molecule has 0 spiro atoms. The molecule has 1 N–H and O–H groups in total. The van der Waals surface area contributed by atoms with Crippen molar-refractivity contribution in [3.63, 3.8) is 0 Å². The fourth-order valence-electron chi connectivity index (χ4n) is 4.39. The van der Waals surface area contributed by atoms with Crippen LogP contribution in [0.25, 0.3) is 22.5 Å². The molecule has 6 rings (SSSR count). The Morgan fingerprint density at radius 1 is 0.931 bits per heavy atom. The van der Waals surface area contributed by atoms with E-state index in [1.54, 1.807) is 0 Å². The van der Waals surface area contributed by atoms with Crippen molar-refractivity contribution in [1.29, 1.82) is 0 Å². The number of thiazole rings is 1. The topological polar surface area (TPSA) is 70.6 Å². The van der Waals surface area contributed by atoms with E-state index in [1.807, 2.05) is 17.4 Å². The molecule has 144 valence electrons. The molecule has 0 saturated carbocycles. The van der Waals surface area contributed by atoms with Gasteiger partial charge in [-0.05, 0) is 64.4 Å². The van der Waals surface area contributed by atoms with Gasteiger partial charge in [0, 0.05) is 23.5 Å². The van der Waals surface area contributed by atoms with E-state index in [0.717, 1.165) is 30.6 Å². The first-order chi connectivity index (χ1) is 14.3. The van der Waals surface area contributed by atoms with Crippen LogP contribution in [-0.2, 0) is 25.9 Å². The largest absolute Gasteiger partial charge is 0.339 e. The number of aromatic nitrogens is 5. The van der Waals surface area contributed by atoms with Crippen LogP contribution < -0.4 is 4.90 Å². The second kappa shape index (κ2) is 6.77. The quantitative estimate of drug-likeness (QED) is 0.552. The summed E-state index contributed by atoms with van der Waals surface area (Å²) in [6.45, 7) is 1.86. The molecule has 3 heterocycles. The number of aromatic amines is 1. The molecule has 0 bridgehead atoms. The molecule has 0 radical (unpaired) electrons. The molecule has 0 saturated heterocycles. The Hall–Kier alpha value is -3.06. The smallest absolute Gasteiger partial charge is 0.186 e. The summed E-state index contributed by atoms with van der Waals surface area (Å²) in [5.41, 5.74) is 7.44. The number of nitrogens with zero attached hydrogens (tertiary/aromatic N) is 5. The first-order valence-electron chi connectivity index (χ1n) is 10.0.